The van der Waals surface area contributed by atoms with Crippen molar-refractivity contribution in [3.8, 4) is 5.75 Å². The smallest absolute Gasteiger partial charge is 0.223 e. The minimum Gasteiger partial charge on any atom is -0.494 e. The van der Waals surface area contributed by atoms with Gasteiger partial charge in [0.05, 0.1) is 39.2 Å². The number of benzene rings is 1. The second-order valence-corrected chi connectivity index (χ2v) is 12.6. The summed E-state index contributed by atoms with van der Waals surface area (Å²) in [7, 11) is -1.42. The number of thiazole rings is 1. The van der Waals surface area contributed by atoms with Gasteiger partial charge in [0.15, 0.2) is 0 Å². The summed E-state index contributed by atoms with van der Waals surface area (Å²) in [5.41, 5.74) is 4.48. The van der Waals surface area contributed by atoms with Crippen molar-refractivity contribution in [1.82, 2.24) is 25.3 Å². The van der Waals surface area contributed by atoms with Crippen molar-refractivity contribution < 1.29 is 17.9 Å². The first-order valence-corrected chi connectivity index (χ1v) is 14.6. The third-order valence-electron chi connectivity index (χ3n) is 6.41. The fourth-order valence-corrected chi connectivity index (χ4v) is 6.23. The summed E-state index contributed by atoms with van der Waals surface area (Å²) in [6.45, 7) is 2.32. The maximum absolute atomic E-state index is 12.8. The SMILES string of the molecule is COc1cc2nc(C)sc2cc1Nc1ncnc2[nH]c3c(c12)CC(C(=O)NCCCS(C)(=O)=O)CC3. The number of ether oxygens (including phenoxy) is 1. The monoisotopic (exact) mass is 528 g/mol. The Balaban J connectivity index is 1.40. The Morgan fingerprint density at radius 1 is 1.31 bits per heavy atom. The number of H-pyrrole nitrogens is 1. The quantitative estimate of drug-likeness (QED) is 0.296. The molecule has 1 aliphatic rings. The largest absolute Gasteiger partial charge is 0.494 e. The number of amides is 1. The van der Waals surface area contributed by atoms with Gasteiger partial charge in [-0.15, -0.1) is 11.3 Å². The number of hydrogen-bond donors (Lipinski definition) is 3. The first-order chi connectivity index (χ1) is 17.2. The van der Waals surface area contributed by atoms with Crippen molar-refractivity contribution in [2.24, 2.45) is 5.92 Å². The summed E-state index contributed by atoms with van der Waals surface area (Å²) >= 11 is 1.61. The molecule has 3 aromatic heterocycles. The average molecular weight is 529 g/mol. The fraction of sp³-hybridized carbons (Fsp3) is 0.417. The Morgan fingerprint density at radius 3 is 2.92 bits per heavy atom. The van der Waals surface area contributed by atoms with Crippen molar-refractivity contribution in [2.75, 3.05) is 31.0 Å². The van der Waals surface area contributed by atoms with E-state index in [2.05, 4.69) is 30.6 Å². The van der Waals surface area contributed by atoms with Crippen LogP contribution in [0.25, 0.3) is 21.3 Å². The van der Waals surface area contributed by atoms with Crippen LogP contribution in [0.4, 0.5) is 11.5 Å². The molecule has 1 aliphatic carbocycles. The zero-order valence-electron chi connectivity index (χ0n) is 20.3. The molecule has 10 nitrogen and oxygen atoms in total. The molecular weight excluding hydrogens is 500 g/mol. The van der Waals surface area contributed by atoms with Crippen LogP contribution in [0.5, 0.6) is 5.75 Å². The first kappa shape index (κ1) is 24.4. The summed E-state index contributed by atoms with van der Waals surface area (Å²) in [5, 5.41) is 8.18. The molecule has 36 heavy (non-hydrogen) atoms. The maximum atomic E-state index is 12.8. The lowest BCUT2D eigenvalue weighted by Crippen LogP contribution is -2.35. The summed E-state index contributed by atoms with van der Waals surface area (Å²) in [6, 6.07) is 3.93. The Bertz CT molecular complexity index is 1560. The standard InChI is InChI=1S/C24H28N6O4S2/c1-13-28-18-10-19(34-2)17(11-20(18)35-13)30-23-21-15-9-14(24(31)25-7-4-8-36(3,32)33)5-6-16(15)29-22(21)26-12-27-23/h10-12,14H,4-9H2,1-3H3,(H,25,31)(H2,26,27,29,30). The van der Waals surface area contributed by atoms with Crippen molar-refractivity contribution in [2.45, 2.75) is 32.6 Å². The second kappa shape index (κ2) is 9.66. The van der Waals surface area contributed by atoms with Crippen LogP contribution in [0.3, 0.4) is 0 Å². The van der Waals surface area contributed by atoms with Gasteiger partial charge in [0.25, 0.3) is 0 Å². The maximum Gasteiger partial charge on any atom is 0.223 e. The number of methoxy groups -OCH3 is 1. The lowest BCUT2D eigenvalue weighted by molar-refractivity contribution is -0.125. The lowest BCUT2D eigenvalue weighted by atomic mass is 9.86. The second-order valence-electron chi connectivity index (χ2n) is 9.12. The van der Waals surface area contributed by atoms with Gasteiger partial charge in [-0.2, -0.15) is 0 Å². The van der Waals surface area contributed by atoms with Gasteiger partial charge in [0.2, 0.25) is 5.91 Å². The van der Waals surface area contributed by atoms with Crippen LogP contribution in [-0.4, -0.2) is 59.9 Å². The van der Waals surface area contributed by atoms with Gasteiger partial charge < -0.3 is 20.4 Å². The Hall–Kier alpha value is -3.25. The average Bonchev–Trinajstić information content (AvgIpc) is 3.39. The highest BCUT2D eigenvalue weighted by Crippen LogP contribution is 2.38. The predicted octanol–water partition coefficient (Wildman–Crippen LogP) is 3.28. The van der Waals surface area contributed by atoms with Gasteiger partial charge in [0, 0.05) is 30.5 Å². The van der Waals surface area contributed by atoms with Crippen LogP contribution in [0, 0.1) is 12.8 Å². The van der Waals surface area contributed by atoms with E-state index in [0.717, 1.165) is 49.6 Å². The highest BCUT2D eigenvalue weighted by molar-refractivity contribution is 7.90. The summed E-state index contributed by atoms with van der Waals surface area (Å²) in [5.74, 6) is 1.12. The number of anilines is 2. The zero-order chi connectivity index (χ0) is 25.4. The molecule has 1 atom stereocenters. The van der Waals surface area contributed by atoms with Crippen LogP contribution < -0.4 is 15.4 Å². The van der Waals surface area contributed by atoms with E-state index in [1.807, 2.05) is 19.1 Å². The number of nitrogens with one attached hydrogen (secondary N) is 3. The molecule has 0 fully saturated rings. The van der Waals surface area contributed by atoms with Gasteiger partial charge in [-0.1, -0.05) is 0 Å². The molecule has 0 saturated carbocycles. The first-order valence-electron chi connectivity index (χ1n) is 11.7. The van der Waals surface area contributed by atoms with Crippen LogP contribution >= 0.6 is 11.3 Å². The number of aryl methyl sites for hydroxylation is 2. The Labute approximate surface area is 212 Å². The van der Waals surface area contributed by atoms with Crippen molar-refractivity contribution in [1.29, 1.82) is 0 Å². The van der Waals surface area contributed by atoms with E-state index in [9.17, 15) is 13.2 Å². The number of aromatic amines is 1. The molecule has 0 aliphatic heterocycles. The molecule has 0 radical (unpaired) electrons. The van der Waals surface area contributed by atoms with E-state index in [-0.39, 0.29) is 17.6 Å². The molecule has 0 bridgehead atoms. The Kier molecular flexibility index (Phi) is 6.56. The number of aromatic nitrogens is 4. The van der Waals surface area contributed by atoms with E-state index in [4.69, 9.17) is 4.74 Å². The number of carbonyl (C=O) groups excluding carboxylic acids is 1. The van der Waals surface area contributed by atoms with Gasteiger partial charge >= 0.3 is 0 Å². The lowest BCUT2D eigenvalue weighted by Gasteiger charge is -2.22. The molecule has 190 valence electrons. The third kappa shape index (κ3) is 5.00. The molecule has 1 aromatic carbocycles. The van der Waals surface area contributed by atoms with Crippen molar-refractivity contribution >= 4 is 59.8 Å². The summed E-state index contributed by atoms with van der Waals surface area (Å²) in [4.78, 5) is 29.7. The van der Waals surface area contributed by atoms with Crippen molar-refractivity contribution in [3.63, 3.8) is 0 Å². The summed E-state index contributed by atoms with van der Waals surface area (Å²) in [6.07, 6.45) is 5.11. The molecule has 12 heteroatoms. The zero-order valence-corrected chi connectivity index (χ0v) is 22.0. The van der Waals surface area contributed by atoms with Crippen LogP contribution in [0.1, 0.15) is 29.1 Å². The van der Waals surface area contributed by atoms with E-state index >= 15 is 0 Å². The number of hydrogen-bond acceptors (Lipinski definition) is 9. The van der Waals surface area contributed by atoms with Gasteiger partial charge in [-0.05, 0) is 44.2 Å². The highest BCUT2D eigenvalue weighted by Gasteiger charge is 2.29. The van der Waals surface area contributed by atoms with E-state index in [1.165, 1.54) is 12.6 Å². The number of nitrogens with zero attached hydrogens (tertiary/aromatic N) is 3. The minimum atomic E-state index is -3.04. The molecule has 1 amide bonds. The van der Waals surface area contributed by atoms with E-state index in [1.54, 1.807) is 18.4 Å². The molecule has 0 spiro atoms. The summed E-state index contributed by atoms with van der Waals surface area (Å²) < 4.78 is 29.3. The fourth-order valence-electron chi connectivity index (χ4n) is 4.71. The topological polar surface area (TPSA) is 139 Å². The normalized spacial score (nSPS) is 15.7. The number of fused-ring (bicyclic) bond motifs is 4. The van der Waals surface area contributed by atoms with Crippen molar-refractivity contribution in [3.05, 3.63) is 34.7 Å². The number of carbonyl (C=O) groups is 1. The molecule has 0 saturated heterocycles. The van der Waals surface area contributed by atoms with Gasteiger partial charge in [-0.3, -0.25) is 4.79 Å². The van der Waals surface area contributed by atoms with Crippen LogP contribution in [0.15, 0.2) is 18.5 Å². The predicted molar refractivity (Wildman–Crippen MR) is 141 cm³/mol. The van der Waals surface area contributed by atoms with Gasteiger partial charge in [0.1, 0.15) is 33.4 Å². The number of sulfone groups is 1. The van der Waals surface area contributed by atoms with E-state index < -0.39 is 9.84 Å². The molecule has 3 heterocycles. The van der Waals surface area contributed by atoms with Crippen LogP contribution in [-0.2, 0) is 27.5 Å². The molecule has 4 aromatic rings. The third-order valence-corrected chi connectivity index (χ3v) is 8.37. The van der Waals surface area contributed by atoms with E-state index in [0.29, 0.717) is 37.4 Å². The minimum absolute atomic E-state index is 0.0532. The highest BCUT2D eigenvalue weighted by atomic mass is 32.2. The molecule has 1 unspecified atom stereocenters. The van der Waals surface area contributed by atoms with Crippen LogP contribution in [0.2, 0.25) is 0 Å². The molecular formula is C24H28N6O4S2. The Morgan fingerprint density at radius 2 is 2.14 bits per heavy atom. The van der Waals surface area contributed by atoms with Gasteiger partial charge in [-0.25, -0.2) is 23.4 Å². The molecule has 3 N–H and O–H groups in total. The molecule has 5 rings (SSSR count). The number of rotatable bonds is 8.